The molecule has 1 N–H and O–H groups in total. The average molecular weight is 327 g/mol. The second-order valence-corrected chi connectivity index (χ2v) is 5.23. The summed E-state index contributed by atoms with van der Waals surface area (Å²) in [6.07, 6.45) is 4.24. The molecule has 0 atom stereocenters. The molecule has 3 rings (SSSR count). The van der Waals surface area contributed by atoms with E-state index < -0.39 is 5.97 Å². The number of oxime groups is 1. The highest BCUT2D eigenvalue weighted by molar-refractivity contribution is 5.88. The van der Waals surface area contributed by atoms with E-state index in [1.54, 1.807) is 12.1 Å². The van der Waals surface area contributed by atoms with Gasteiger partial charge in [0, 0.05) is 38.1 Å². The molecule has 0 amide bonds. The number of anilines is 1. The van der Waals surface area contributed by atoms with Crippen LogP contribution in [0.5, 0.6) is 5.75 Å². The van der Waals surface area contributed by atoms with Crippen LogP contribution in [0.4, 0.5) is 5.69 Å². The third kappa shape index (κ3) is 3.78. The minimum atomic E-state index is -0.512. The largest absolute Gasteiger partial charge is 0.422 e. The zero-order valence-electron chi connectivity index (χ0n) is 12.9. The lowest BCUT2D eigenvalue weighted by Gasteiger charge is -2.34. The Labute approximate surface area is 139 Å². The van der Waals surface area contributed by atoms with Crippen LogP contribution >= 0.6 is 0 Å². The number of carbonyl (C=O) groups is 1. The van der Waals surface area contributed by atoms with Crippen LogP contribution in [-0.2, 0) is 0 Å². The van der Waals surface area contributed by atoms with Crippen LogP contribution in [0.3, 0.4) is 0 Å². The maximum atomic E-state index is 11.9. The van der Waals surface area contributed by atoms with Crippen molar-refractivity contribution in [2.75, 3.05) is 31.1 Å². The van der Waals surface area contributed by atoms with Gasteiger partial charge < -0.3 is 19.7 Å². The molecule has 1 aromatic heterocycles. The minimum Gasteiger partial charge on any atom is -0.422 e. The number of carbonyl (C=O) groups excluding carboxylic acids is 1. The SMILES string of the molecule is O=C(Oc1ccc(N2CCN(C=NO)CC2)cc1)c1ccncn1. The van der Waals surface area contributed by atoms with Gasteiger partial charge in [-0.05, 0) is 30.3 Å². The van der Waals surface area contributed by atoms with Gasteiger partial charge in [-0.2, -0.15) is 0 Å². The van der Waals surface area contributed by atoms with Gasteiger partial charge in [-0.25, -0.2) is 14.8 Å². The van der Waals surface area contributed by atoms with E-state index in [0.29, 0.717) is 5.75 Å². The van der Waals surface area contributed by atoms with Crippen molar-refractivity contribution in [2.24, 2.45) is 5.16 Å². The summed E-state index contributed by atoms with van der Waals surface area (Å²) in [6, 6.07) is 8.86. The highest BCUT2D eigenvalue weighted by Crippen LogP contribution is 2.21. The van der Waals surface area contributed by atoms with Crippen LogP contribution in [0.25, 0.3) is 0 Å². The van der Waals surface area contributed by atoms with E-state index in [-0.39, 0.29) is 5.69 Å². The molecule has 2 aromatic rings. The fraction of sp³-hybridized carbons (Fsp3) is 0.250. The van der Waals surface area contributed by atoms with Gasteiger partial charge in [-0.1, -0.05) is 5.16 Å². The van der Waals surface area contributed by atoms with Crippen LogP contribution < -0.4 is 9.64 Å². The molecule has 8 heteroatoms. The second kappa shape index (κ2) is 7.40. The first-order valence-electron chi connectivity index (χ1n) is 7.51. The Kier molecular flexibility index (Phi) is 4.85. The summed E-state index contributed by atoms with van der Waals surface area (Å²) in [6.45, 7) is 3.22. The molecule has 2 heterocycles. The first-order chi connectivity index (χ1) is 11.8. The van der Waals surface area contributed by atoms with Crippen molar-refractivity contribution in [1.29, 1.82) is 0 Å². The van der Waals surface area contributed by atoms with Crippen LogP contribution in [0.1, 0.15) is 10.5 Å². The predicted octanol–water partition coefficient (Wildman–Crippen LogP) is 1.24. The molecule has 0 spiro atoms. The molecule has 1 fully saturated rings. The zero-order chi connectivity index (χ0) is 16.8. The number of hydrogen-bond donors (Lipinski definition) is 1. The number of hydrogen-bond acceptors (Lipinski definition) is 7. The number of benzene rings is 1. The topological polar surface area (TPSA) is 91.2 Å². The smallest absolute Gasteiger partial charge is 0.362 e. The lowest BCUT2D eigenvalue weighted by molar-refractivity contribution is 0.0728. The Balaban J connectivity index is 1.59. The van der Waals surface area contributed by atoms with Gasteiger partial charge in [0.1, 0.15) is 18.4 Å². The molecule has 124 valence electrons. The summed E-state index contributed by atoms with van der Waals surface area (Å²) < 4.78 is 5.29. The van der Waals surface area contributed by atoms with Gasteiger partial charge in [0.25, 0.3) is 0 Å². The van der Waals surface area contributed by atoms with Crippen molar-refractivity contribution in [2.45, 2.75) is 0 Å². The first kappa shape index (κ1) is 15.7. The van der Waals surface area contributed by atoms with E-state index >= 15 is 0 Å². The van der Waals surface area contributed by atoms with Crippen molar-refractivity contribution in [3.8, 4) is 5.75 Å². The number of esters is 1. The summed E-state index contributed by atoms with van der Waals surface area (Å²) in [7, 11) is 0. The lowest BCUT2D eigenvalue weighted by Crippen LogP contribution is -2.45. The standard InChI is InChI=1S/C16H17N5O3/c22-16(15-5-6-17-11-18-15)24-14-3-1-13(2-4-14)21-9-7-20(8-10-21)12-19-23/h1-6,11-12,23H,7-10H2. The van der Waals surface area contributed by atoms with Crippen LogP contribution in [0.15, 0.2) is 48.0 Å². The molecule has 0 unspecified atom stereocenters. The Morgan fingerprint density at radius 1 is 1.17 bits per heavy atom. The van der Waals surface area contributed by atoms with Gasteiger partial charge >= 0.3 is 5.97 Å². The molecule has 0 aliphatic carbocycles. The lowest BCUT2D eigenvalue weighted by atomic mass is 10.2. The summed E-state index contributed by atoms with van der Waals surface area (Å²) in [4.78, 5) is 23.7. The van der Waals surface area contributed by atoms with Gasteiger partial charge in [-0.3, -0.25) is 0 Å². The van der Waals surface area contributed by atoms with Gasteiger partial charge in [0.15, 0.2) is 5.69 Å². The Morgan fingerprint density at radius 2 is 1.92 bits per heavy atom. The van der Waals surface area contributed by atoms with Gasteiger partial charge in [0.2, 0.25) is 0 Å². The highest BCUT2D eigenvalue weighted by atomic mass is 16.5. The molecule has 1 aliphatic heterocycles. The number of nitrogens with zero attached hydrogens (tertiary/aromatic N) is 5. The van der Waals surface area contributed by atoms with Crippen molar-refractivity contribution in [3.63, 3.8) is 0 Å². The van der Waals surface area contributed by atoms with E-state index in [1.165, 1.54) is 24.9 Å². The maximum Gasteiger partial charge on any atom is 0.362 e. The molecule has 8 nitrogen and oxygen atoms in total. The van der Waals surface area contributed by atoms with Crippen molar-refractivity contribution in [3.05, 3.63) is 48.5 Å². The van der Waals surface area contributed by atoms with E-state index in [9.17, 15) is 4.79 Å². The van der Waals surface area contributed by atoms with E-state index in [0.717, 1.165) is 31.9 Å². The predicted molar refractivity (Wildman–Crippen MR) is 87.5 cm³/mol. The average Bonchev–Trinajstić information content (AvgIpc) is 2.64. The first-order valence-corrected chi connectivity index (χ1v) is 7.51. The fourth-order valence-corrected chi connectivity index (χ4v) is 2.46. The molecular weight excluding hydrogens is 310 g/mol. The Hall–Kier alpha value is -3.16. The Bertz CT molecular complexity index is 697. The van der Waals surface area contributed by atoms with Gasteiger partial charge in [-0.15, -0.1) is 0 Å². The molecule has 1 saturated heterocycles. The van der Waals surface area contributed by atoms with Gasteiger partial charge in [0.05, 0.1) is 0 Å². The quantitative estimate of drug-likeness (QED) is 0.225. The molecule has 24 heavy (non-hydrogen) atoms. The molecule has 0 saturated carbocycles. The molecule has 0 radical (unpaired) electrons. The summed E-state index contributed by atoms with van der Waals surface area (Å²) >= 11 is 0. The highest BCUT2D eigenvalue weighted by Gasteiger charge is 2.16. The summed E-state index contributed by atoms with van der Waals surface area (Å²) in [5.41, 5.74) is 1.27. The summed E-state index contributed by atoms with van der Waals surface area (Å²) in [5.74, 6) is -0.0459. The monoisotopic (exact) mass is 327 g/mol. The number of aromatic nitrogens is 2. The van der Waals surface area contributed by atoms with E-state index in [1.807, 2.05) is 17.0 Å². The number of piperazine rings is 1. The zero-order valence-corrected chi connectivity index (χ0v) is 12.9. The fourth-order valence-electron chi connectivity index (χ4n) is 2.46. The van der Waals surface area contributed by atoms with Crippen molar-refractivity contribution in [1.82, 2.24) is 14.9 Å². The van der Waals surface area contributed by atoms with E-state index in [4.69, 9.17) is 9.94 Å². The molecule has 0 bridgehead atoms. The van der Waals surface area contributed by atoms with Crippen LogP contribution in [0.2, 0.25) is 0 Å². The number of ether oxygens (including phenoxy) is 1. The number of rotatable bonds is 4. The minimum absolute atomic E-state index is 0.218. The maximum absolute atomic E-state index is 11.9. The van der Waals surface area contributed by atoms with E-state index in [2.05, 4.69) is 20.0 Å². The third-order valence-electron chi connectivity index (χ3n) is 3.73. The van der Waals surface area contributed by atoms with Crippen molar-refractivity contribution >= 4 is 18.0 Å². The Morgan fingerprint density at radius 3 is 2.54 bits per heavy atom. The second-order valence-electron chi connectivity index (χ2n) is 5.23. The van der Waals surface area contributed by atoms with Crippen LogP contribution in [0, 0.1) is 0 Å². The third-order valence-corrected chi connectivity index (χ3v) is 3.73. The molecular formula is C16H17N5O3. The normalized spacial score (nSPS) is 14.8. The van der Waals surface area contributed by atoms with Crippen LogP contribution in [-0.4, -0.2) is 58.6 Å². The summed E-state index contributed by atoms with van der Waals surface area (Å²) in [5, 5.41) is 11.6. The molecule has 1 aliphatic rings. The van der Waals surface area contributed by atoms with Crippen molar-refractivity contribution < 1.29 is 14.7 Å². The molecule has 1 aromatic carbocycles.